The van der Waals surface area contributed by atoms with Crippen LogP contribution in [0.1, 0.15) is 23.4 Å². The maximum Gasteiger partial charge on any atom is 0.433 e. The van der Waals surface area contributed by atoms with Crippen molar-refractivity contribution < 1.29 is 13.2 Å². The summed E-state index contributed by atoms with van der Waals surface area (Å²) in [4.78, 5) is 7.64. The van der Waals surface area contributed by atoms with Crippen LogP contribution in [0.2, 0.25) is 0 Å². The summed E-state index contributed by atoms with van der Waals surface area (Å²) in [6.45, 7) is 0.678. The van der Waals surface area contributed by atoms with Crippen LogP contribution in [0.4, 0.5) is 19.1 Å². The van der Waals surface area contributed by atoms with E-state index in [0.717, 1.165) is 0 Å². The molecule has 1 aliphatic rings. The maximum absolute atomic E-state index is 12.8. The molecule has 1 heterocycles. The van der Waals surface area contributed by atoms with Gasteiger partial charge in [0.2, 0.25) is 5.95 Å². The van der Waals surface area contributed by atoms with Gasteiger partial charge in [-0.1, -0.05) is 0 Å². The molecule has 0 saturated heterocycles. The Morgan fingerprint density at radius 2 is 2.00 bits per heavy atom. The fourth-order valence-corrected chi connectivity index (χ4v) is 1.93. The summed E-state index contributed by atoms with van der Waals surface area (Å²) >= 11 is 0. The molecule has 0 bridgehead atoms. The Balaban J connectivity index is 2.39. The number of aryl methyl sites for hydroxylation is 1. The summed E-state index contributed by atoms with van der Waals surface area (Å²) < 4.78 is 38.4. The molecule has 0 fully saturated rings. The van der Waals surface area contributed by atoms with Gasteiger partial charge >= 0.3 is 6.18 Å². The van der Waals surface area contributed by atoms with Crippen molar-refractivity contribution in [1.82, 2.24) is 9.97 Å². The van der Waals surface area contributed by atoms with Gasteiger partial charge in [0.25, 0.3) is 0 Å². The second-order valence-electron chi connectivity index (χ2n) is 3.89. The molecule has 0 saturated carbocycles. The number of nitrogens with zero attached hydrogens (tertiary/aromatic N) is 2. The molecule has 2 rings (SSSR count). The Morgan fingerprint density at radius 1 is 1.24 bits per heavy atom. The van der Waals surface area contributed by atoms with Gasteiger partial charge in [-0.2, -0.15) is 13.2 Å². The molecule has 0 amide bonds. The Bertz CT molecular complexity index is 417. The third-order valence-corrected chi connectivity index (χ3v) is 2.63. The number of hydrogen-bond donors (Lipinski definition) is 2. The highest BCUT2D eigenvalue weighted by atomic mass is 19.4. The van der Waals surface area contributed by atoms with Crippen LogP contribution in [0, 0.1) is 0 Å². The van der Waals surface area contributed by atoms with Gasteiger partial charge in [-0.3, -0.25) is 0 Å². The zero-order valence-electron chi connectivity index (χ0n) is 9.14. The summed E-state index contributed by atoms with van der Waals surface area (Å²) in [6, 6.07) is 0. The van der Waals surface area contributed by atoms with E-state index in [0.29, 0.717) is 38.0 Å². The average molecular weight is 246 g/mol. The van der Waals surface area contributed by atoms with Crippen molar-refractivity contribution in [3.63, 3.8) is 0 Å². The summed E-state index contributed by atoms with van der Waals surface area (Å²) in [5, 5.41) is 2.69. The van der Waals surface area contributed by atoms with Crippen molar-refractivity contribution in [2.45, 2.75) is 25.4 Å². The molecule has 0 atom stereocenters. The second-order valence-corrected chi connectivity index (χ2v) is 3.89. The molecule has 4 nitrogen and oxygen atoms in total. The highest BCUT2D eigenvalue weighted by Gasteiger charge is 2.38. The highest BCUT2D eigenvalue weighted by molar-refractivity contribution is 5.38. The minimum atomic E-state index is -4.42. The molecule has 0 aliphatic heterocycles. The van der Waals surface area contributed by atoms with Crippen LogP contribution in [0.15, 0.2) is 0 Å². The third kappa shape index (κ3) is 2.49. The van der Waals surface area contributed by atoms with E-state index in [2.05, 4.69) is 15.3 Å². The molecular weight excluding hydrogens is 233 g/mol. The van der Waals surface area contributed by atoms with Crippen molar-refractivity contribution >= 4 is 5.95 Å². The lowest BCUT2D eigenvalue weighted by molar-refractivity contribution is -0.141. The minimum absolute atomic E-state index is 0.0171. The normalized spacial score (nSPS) is 14.8. The molecule has 1 aliphatic carbocycles. The second kappa shape index (κ2) is 4.48. The SMILES string of the molecule is NCCNc1nc2c(c(C(F)(F)F)n1)CCC2. The number of nitrogens with two attached hydrogens (primary N) is 1. The van der Waals surface area contributed by atoms with E-state index in [4.69, 9.17) is 5.73 Å². The smallest absolute Gasteiger partial charge is 0.353 e. The first-order valence-electron chi connectivity index (χ1n) is 5.43. The summed E-state index contributed by atoms with van der Waals surface area (Å²) in [5.74, 6) is 0.0171. The van der Waals surface area contributed by atoms with Crippen LogP contribution in [-0.2, 0) is 19.0 Å². The van der Waals surface area contributed by atoms with Gasteiger partial charge in [-0.15, -0.1) is 0 Å². The van der Waals surface area contributed by atoms with Gasteiger partial charge in [0.15, 0.2) is 5.69 Å². The van der Waals surface area contributed by atoms with E-state index in [9.17, 15) is 13.2 Å². The van der Waals surface area contributed by atoms with Crippen molar-refractivity contribution in [3.05, 3.63) is 17.0 Å². The van der Waals surface area contributed by atoms with Gasteiger partial charge in [-0.25, -0.2) is 9.97 Å². The van der Waals surface area contributed by atoms with Crippen molar-refractivity contribution in [1.29, 1.82) is 0 Å². The number of rotatable bonds is 3. The van der Waals surface area contributed by atoms with Gasteiger partial charge < -0.3 is 11.1 Å². The third-order valence-electron chi connectivity index (χ3n) is 2.63. The van der Waals surface area contributed by atoms with Crippen molar-refractivity contribution in [2.75, 3.05) is 18.4 Å². The molecule has 0 spiro atoms. The molecule has 1 aromatic rings. The zero-order chi connectivity index (χ0) is 12.5. The highest BCUT2D eigenvalue weighted by Crippen LogP contribution is 2.35. The van der Waals surface area contributed by atoms with E-state index < -0.39 is 11.9 Å². The van der Waals surface area contributed by atoms with E-state index in [1.165, 1.54) is 0 Å². The quantitative estimate of drug-likeness (QED) is 0.845. The lowest BCUT2D eigenvalue weighted by Crippen LogP contribution is -2.19. The van der Waals surface area contributed by atoms with Crippen LogP contribution in [-0.4, -0.2) is 23.1 Å². The van der Waals surface area contributed by atoms with Gasteiger partial charge in [0, 0.05) is 24.3 Å². The largest absolute Gasteiger partial charge is 0.433 e. The van der Waals surface area contributed by atoms with Crippen molar-refractivity contribution in [2.24, 2.45) is 5.73 Å². The van der Waals surface area contributed by atoms with Crippen LogP contribution < -0.4 is 11.1 Å². The van der Waals surface area contributed by atoms with Crippen molar-refractivity contribution in [3.8, 4) is 0 Å². The van der Waals surface area contributed by atoms with Gasteiger partial charge in [-0.05, 0) is 19.3 Å². The van der Waals surface area contributed by atoms with Crippen LogP contribution in [0.3, 0.4) is 0 Å². The Labute approximate surface area is 96.4 Å². The first-order valence-corrected chi connectivity index (χ1v) is 5.43. The van der Waals surface area contributed by atoms with E-state index >= 15 is 0 Å². The van der Waals surface area contributed by atoms with Crippen LogP contribution in [0.25, 0.3) is 0 Å². The number of fused-ring (bicyclic) bond motifs is 1. The first-order chi connectivity index (χ1) is 8.02. The molecule has 7 heteroatoms. The average Bonchev–Trinajstić information content (AvgIpc) is 2.71. The lowest BCUT2D eigenvalue weighted by atomic mass is 10.2. The van der Waals surface area contributed by atoms with E-state index in [1.54, 1.807) is 0 Å². The zero-order valence-corrected chi connectivity index (χ0v) is 9.14. The molecule has 3 N–H and O–H groups in total. The Hall–Kier alpha value is -1.37. The fourth-order valence-electron chi connectivity index (χ4n) is 1.93. The summed E-state index contributed by atoms with van der Waals surface area (Å²) in [5.41, 5.74) is 5.22. The predicted octanol–water partition coefficient (Wildman–Crippen LogP) is 1.35. The number of aromatic nitrogens is 2. The number of halogens is 3. The molecule has 0 radical (unpaired) electrons. The molecule has 0 aromatic carbocycles. The molecule has 1 aromatic heterocycles. The Morgan fingerprint density at radius 3 is 2.65 bits per heavy atom. The minimum Gasteiger partial charge on any atom is -0.353 e. The number of alkyl halides is 3. The summed E-state index contributed by atoms with van der Waals surface area (Å²) in [7, 11) is 0. The van der Waals surface area contributed by atoms with Crippen LogP contribution in [0.5, 0.6) is 0 Å². The first kappa shape index (κ1) is 12.1. The molecule has 17 heavy (non-hydrogen) atoms. The number of anilines is 1. The fraction of sp³-hybridized carbons (Fsp3) is 0.600. The van der Waals surface area contributed by atoms with E-state index in [-0.39, 0.29) is 11.5 Å². The van der Waals surface area contributed by atoms with Crippen LogP contribution >= 0.6 is 0 Å². The standard InChI is InChI=1S/C10H13F3N4/c11-10(12,13)8-6-2-1-3-7(6)16-9(17-8)15-5-4-14/h1-5,14H2,(H,15,16,17). The molecule has 94 valence electrons. The van der Waals surface area contributed by atoms with Gasteiger partial charge in [0.1, 0.15) is 0 Å². The maximum atomic E-state index is 12.8. The monoisotopic (exact) mass is 246 g/mol. The topological polar surface area (TPSA) is 63.8 Å². The van der Waals surface area contributed by atoms with Gasteiger partial charge in [0.05, 0.1) is 0 Å². The summed E-state index contributed by atoms with van der Waals surface area (Å²) in [6.07, 6.45) is -2.73. The predicted molar refractivity (Wildman–Crippen MR) is 56.6 cm³/mol. The Kier molecular flexibility index (Phi) is 3.19. The number of nitrogens with one attached hydrogen (secondary N) is 1. The molecular formula is C10H13F3N4. The number of hydrogen-bond acceptors (Lipinski definition) is 4. The lowest BCUT2D eigenvalue weighted by Gasteiger charge is -2.13. The van der Waals surface area contributed by atoms with E-state index in [1.807, 2.05) is 0 Å². The molecule has 0 unspecified atom stereocenters.